The molecule has 4 aromatic rings. The molecule has 0 saturated carbocycles. The molecule has 2 atom stereocenters. The highest BCUT2D eigenvalue weighted by Gasteiger charge is 2.42. The Morgan fingerprint density at radius 3 is 2.69 bits per heavy atom. The Kier molecular flexibility index (Phi) is 7.14. The minimum absolute atomic E-state index is 0.184. The predicted molar refractivity (Wildman–Crippen MR) is 130 cm³/mol. The van der Waals surface area contributed by atoms with Gasteiger partial charge in [-0.15, -0.1) is 22.0 Å². The topological polar surface area (TPSA) is 130 Å². The molecule has 0 bridgehead atoms. The Labute approximate surface area is 210 Å². The molecule has 10 nitrogen and oxygen atoms in total. The van der Waals surface area contributed by atoms with Gasteiger partial charge in [0.15, 0.2) is 5.78 Å². The van der Waals surface area contributed by atoms with Crippen molar-refractivity contribution in [1.29, 1.82) is 0 Å². The molecule has 1 aliphatic rings. The Balaban J connectivity index is 1.19. The summed E-state index contributed by atoms with van der Waals surface area (Å²) in [6, 6.07) is 11.4. The molecule has 12 heteroatoms. The fourth-order valence-corrected chi connectivity index (χ4v) is 4.79. The van der Waals surface area contributed by atoms with Crippen molar-refractivity contribution in [2.24, 2.45) is 0 Å². The second kappa shape index (κ2) is 10.8. The molecule has 1 fully saturated rings. The number of benzene rings is 2. The lowest BCUT2D eigenvalue weighted by Crippen LogP contribution is -2.33. The number of aromatic nitrogens is 6. The first-order valence-electron chi connectivity index (χ1n) is 11.3. The molecular weight excluding hydrogens is 483 g/mol. The van der Waals surface area contributed by atoms with Crippen LogP contribution in [-0.4, -0.2) is 60.4 Å². The first-order chi connectivity index (χ1) is 17.6. The Morgan fingerprint density at radius 2 is 1.97 bits per heavy atom. The van der Waals surface area contributed by atoms with Crippen molar-refractivity contribution in [1.82, 2.24) is 41.0 Å². The van der Waals surface area contributed by atoms with Crippen molar-refractivity contribution in [3.63, 3.8) is 0 Å². The maximum Gasteiger partial charge on any atom is 0.235 e. The zero-order valence-corrected chi connectivity index (χ0v) is 19.9. The van der Waals surface area contributed by atoms with Crippen LogP contribution in [0, 0.1) is 5.82 Å². The number of hydrogen-bond acceptors (Lipinski definition) is 8. The Morgan fingerprint density at radius 1 is 1.11 bits per heavy atom. The van der Waals surface area contributed by atoms with E-state index in [4.69, 9.17) is 0 Å². The smallest absolute Gasteiger partial charge is 0.235 e. The highest BCUT2D eigenvalue weighted by molar-refractivity contribution is 7.99. The van der Waals surface area contributed by atoms with Crippen molar-refractivity contribution < 1.29 is 14.0 Å². The van der Waals surface area contributed by atoms with Gasteiger partial charge >= 0.3 is 0 Å². The molecule has 3 N–H and O–H groups in total. The average Bonchev–Trinajstić information content (AvgIpc) is 3.63. The summed E-state index contributed by atoms with van der Waals surface area (Å²) in [5.41, 5.74) is 2.55. The molecule has 1 saturated heterocycles. The van der Waals surface area contributed by atoms with E-state index in [1.807, 2.05) is 24.3 Å². The fraction of sp³-hybridized carbons (Fsp3) is 0.250. The summed E-state index contributed by atoms with van der Waals surface area (Å²) in [6.07, 6.45) is 4.80. The van der Waals surface area contributed by atoms with Crippen molar-refractivity contribution in [2.45, 2.75) is 30.1 Å². The number of halogens is 1. The minimum atomic E-state index is -1.04. The highest BCUT2D eigenvalue weighted by atomic mass is 32.2. The van der Waals surface area contributed by atoms with Gasteiger partial charge in [-0.3, -0.25) is 19.4 Å². The molecule has 1 aliphatic heterocycles. The van der Waals surface area contributed by atoms with Crippen LogP contribution < -0.4 is 10.6 Å². The SMILES string of the molecule is O=C1N[C@H](Cn2ccnn2)C(=O)C1c1ccc(-c2ccc(CNCCSc3cnn[nH]3)cc2)c(F)c1. The zero-order chi connectivity index (χ0) is 24.9. The summed E-state index contributed by atoms with van der Waals surface area (Å²) in [5.74, 6) is -1.39. The molecule has 36 heavy (non-hydrogen) atoms. The molecule has 0 aliphatic carbocycles. The van der Waals surface area contributed by atoms with Crippen LogP contribution in [0.15, 0.2) is 66.1 Å². The summed E-state index contributed by atoms with van der Waals surface area (Å²) >= 11 is 1.64. The Hall–Kier alpha value is -3.90. The number of rotatable bonds is 10. The molecule has 0 spiro atoms. The van der Waals surface area contributed by atoms with E-state index in [9.17, 15) is 9.59 Å². The number of carbonyl (C=O) groups excluding carboxylic acids is 2. The van der Waals surface area contributed by atoms with E-state index in [0.717, 1.165) is 28.5 Å². The maximum absolute atomic E-state index is 15.1. The van der Waals surface area contributed by atoms with Gasteiger partial charge in [-0.05, 0) is 22.8 Å². The molecule has 0 radical (unpaired) electrons. The van der Waals surface area contributed by atoms with E-state index in [1.165, 1.54) is 16.9 Å². The van der Waals surface area contributed by atoms with Gasteiger partial charge in [0.2, 0.25) is 5.91 Å². The van der Waals surface area contributed by atoms with Gasteiger partial charge in [0.1, 0.15) is 22.8 Å². The fourth-order valence-electron chi connectivity index (χ4n) is 4.10. The van der Waals surface area contributed by atoms with Gasteiger partial charge in [0, 0.05) is 30.6 Å². The average molecular weight is 507 g/mol. The van der Waals surface area contributed by atoms with Crippen LogP contribution in [0.25, 0.3) is 11.1 Å². The van der Waals surface area contributed by atoms with Crippen LogP contribution in [0.2, 0.25) is 0 Å². The molecule has 2 aromatic heterocycles. The monoisotopic (exact) mass is 506 g/mol. The van der Waals surface area contributed by atoms with Crippen LogP contribution in [0.3, 0.4) is 0 Å². The number of H-pyrrole nitrogens is 1. The van der Waals surface area contributed by atoms with Gasteiger partial charge in [0.25, 0.3) is 0 Å². The summed E-state index contributed by atoms with van der Waals surface area (Å²) in [7, 11) is 0. The number of ketones is 1. The number of nitrogens with one attached hydrogen (secondary N) is 3. The van der Waals surface area contributed by atoms with E-state index in [2.05, 4.69) is 36.4 Å². The summed E-state index contributed by atoms with van der Waals surface area (Å²) < 4.78 is 16.5. The van der Waals surface area contributed by atoms with Crippen molar-refractivity contribution >= 4 is 23.5 Å². The lowest BCUT2D eigenvalue weighted by Gasteiger charge is -2.11. The van der Waals surface area contributed by atoms with E-state index in [-0.39, 0.29) is 12.3 Å². The van der Waals surface area contributed by atoms with Crippen LogP contribution >= 0.6 is 11.8 Å². The van der Waals surface area contributed by atoms with Crippen LogP contribution in [-0.2, 0) is 22.7 Å². The summed E-state index contributed by atoms with van der Waals surface area (Å²) in [6.45, 7) is 1.69. The van der Waals surface area contributed by atoms with Crippen LogP contribution in [0.4, 0.5) is 4.39 Å². The summed E-state index contributed by atoms with van der Waals surface area (Å²) in [4.78, 5) is 25.4. The molecule has 1 unspecified atom stereocenters. The number of hydrogen-bond donors (Lipinski definition) is 3. The third-order valence-corrected chi connectivity index (χ3v) is 6.81. The lowest BCUT2D eigenvalue weighted by molar-refractivity contribution is -0.124. The Bertz CT molecular complexity index is 1330. The molecule has 1 amide bonds. The van der Waals surface area contributed by atoms with E-state index < -0.39 is 23.7 Å². The number of thioether (sulfide) groups is 1. The molecule has 2 aromatic carbocycles. The number of nitrogens with zero attached hydrogens (tertiary/aromatic N) is 5. The van der Waals surface area contributed by atoms with E-state index >= 15 is 4.39 Å². The minimum Gasteiger partial charge on any atom is -0.343 e. The first-order valence-corrected chi connectivity index (χ1v) is 12.3. The first kappa shape index (κ1) is 23.8. The molecule has 5 rings (SSSR count). The van der Waals surface area contributed by atoms with Gasteiger partial charge in [-0.1, -0.05) is 46.8 Å². The van der Waals surface area contributed by atoms with Gasteiger partial charge in [-0.2, -0.15) is 0 Å². The normalized spacial score (nSPS) is 17.5. The molecule has 3 heterocycles. The summed E-state index contributed by atoms with van der Waals surface area (Å²) in [5, 5.41) is 24.7. The maximum atomic E-state index is 15.1. The number of amides is 1. The lowest BCUT2D eigenvalue weighted by atomic mass is 9.92. The van der Waals surface area contributed by atoms with Gasteiger partial charge < -0.3 is 10.6 Å². The third-order valence-electron chi connectivity index (χ3n) is 5.90. The van der Waals surface area contributed by atoms with Gasteiger partial charge in [-0.25, -0.2) is 4.39 Å². The zero-order valence-electron chi connectivity index (χ0n) is 19.1. The standard InChI is InChI=1S/C24H23FN8O2S/c25-19-11-17(22-23(34)20(29-24(22)35)14-33-9-7-27-32-33)5-6-18(19)16-3-1-15(2-4-16)12-26-8-10-36-21-13-28-31-30-21/h1-7,9,11,13,20,22,26H,8,10,12,14H2,(H,29,35)(H,28,30,31)/t20-,22?/m1/s1. The van der Waals surface area contributed by atoms with Crippen molar-refractivity contribution in [3.05, 3.63) is 78.0 Å². The number of aromatic amines is 1. The number of carbonyl (C=O) groups is 2. The van der Waals surface area contributed by atoms with Crippen molar-refractivity contribution in [3.8, 4) is 11.1 Å². The highest BCUT2D eigenvalue weighted by Crippen LogP contribution is 2.30. The third kappa shape index (κ3) is 5.34. The largest absolute Gasteiger partial charge is 0.343 e. The van der Waals surface area contributed by atoms with Crippen molar-refractivity contribution in [2.75, 3.05) is 12.3 Å². The van der Waals surface area contributed by atoms with Crippen LogP contribution in [0.1, 0.15) is 17.0 Å². The quantitative estimate of drug-likeness (QED) is 0.169. The van der Waals surface area contributed by atoms with Gasteiger partial charge in [0.05, 0.1) is 18.9 Å². The van der Waals surface area contributed by atoms with E-state index in [0.29, 0.717) is 17.7 Å². The predicted octanol–water partition coefficient (Wildman–Crippen LogP) is 1.94. The second-order valence-electron chi connectivity index (χ2n) is 8.30. The second-order valence-corrected chi connectivity index (χ2v) is 9.44. The number of Topliss-reactive ketones (excluding diaryl/α,β-unsaturated/α-hetero) is 1. The van der Waals surface area contributed by atoms with Crippen LogP contribution in [0.5, 0.6) is 0 Å². The molecular formula is C24H23FN8O2S. The van der Waals surface area contributed by atoms with E-state index in [1.54, 1.807) is 36.3 Å². The molecule has 184 valence electrons.